The smallest absolute Gasteiger partial charge is 0.211 e. The van der Waals surface area contributed by atoms with Gasteiger partial charge in [-0.3, -0.25) is 5.73 Å². The number of nitrogens with zero attached hydrogens (tertiary/aromatic N) is 1. The van der Waals surface area contributed by atoms with Gasteiger partial charge < -0.3 is 11.1 Å². The molecule has 1 unspecified atom stereocenters. The SMILES string of the molecule is NC1=NC(N)(c2cccc(Cl)c2)NC=C1. The Balaban J connectivity index is 2.42. The van der Waals surface area contributed by atoms with E-state index in [0.29, 0.717) is 10.9 Å². The minimum Gasteiger partial charge on any atom is -0.384 e. The Labute approximate surface area is 92.6 Å². The Morgan fingerprint density at radius 3 is 2.87 bits per heavy atom. The highest BCUT2D eigenvalue weighted by Crippen LogP contribution is 2.22. The van der Waals surface area contributed by atoms with Crippen LogP contribution in [0, 0.1) is 0 Å². The molecular formula is C10H11ClN4. The van der Waals surface area contributed by atoms with Crippen molar-refractivity contribution in [3.8, 4) is 0 Å². The number of halogens is 1. The zero-order chi connectivity index (χ0) is 10.9. The third kappa shape index (κ3) is 1.95. The Kier molecular flexibility index (Phi) is 2.38. The van der Waals surface area contributed by atoms with Gasteiger partial charge in [0.15, 0.2) is 0 Å². The number of benzene rings is 1. The standard InChI is InChI=1S/C10H11ClN4/c11-8-3-1-2-7(6-8)10(13)14-5-4-9(12)15-10/h1-6,14H,13H2,(H2,12,15). The number of amidine groups is 1. The fourth-order valence-electron chi connectivity index (χ4n) is 1.40. The summed E-state index contributed by atoms with van der Waals surface area (Å²) >= 11 is 5.88. The molecule has 0 radical (unpaired) electrons. The number of hydrogen-bond donors (Lipinski definition) is 3. The molecule has 0 bridgehead atoms. The lowest BCUT2D eigenvalue weighted by Crippen LogP contribution is -2.49. The van der Waals surface area contributed by atoms with Crippen molar-refractivity contribution in [3.63, 3.8) is 0 Å². The van der Waals surface area contributed by atoms with Crippen LogP contribution in [0.4, 0.5) is 0 Å². The predicted octanol–water partition coefficient (Wildman–Crippen LogP) is 0.883. The summed E-state index contributed by atoms with van der Waals surface area (Å²) in [5, 5.41) is 3.55. The van der Waals surface area contributed by atoms with Crippen LogP contribution in [-0.2, 0) is 5.79 Å². The number of hydrogen-bond acceptors (Lipinski definition) is 4. The first-order valence-electron chi connectivity index (χ1n) is 4.45. The van der Waals surface area contributed by atoms with Gasteiger partial charge in [-0.05, 0) is 18.2 Å². The van der Waals surface area contributed by atoms with Crippen molar-refractivity contribution in [1.29, 1.82) is 0 Å². The van der Waals surface area contributed by atoms with Crippen LogP contribution < -0.4 is 16.8 Å². The molecule has 0 fully saturated rings. The molecule has 1 heterocycles. The molecule has 2 rings (SSSR count). The average Bonchev–Trinajstić information content (AvgIpc) is 2.17. The Bertz CT molecular complexity index is 441. The van der Waals surface area contributed by atoms with E-state index in [-0.39, 0.29) is 0 Å². The number of nitrogens with one attached hydrogen (secondary N) is 1. The van der Waals surface area contributed by atoms with Gasteiger partial charge in [-0.1, -0.05) is 23.7 Å². The molecule has 0 saturated carbocycles. The summed E-state index contributed by atoms with van der Waals surface area (Å²) in [4.78, 5) is 4.14. The first-order chi connectivity index (χ1) is 7.10. The van der Waals surface area contributed by atoms with Crippen LogP contribution in [0.5, 0.6) is 0 Å². The Morgan fingerprint density at radius 1 is 1.40 bits per heavy atom. The van der Waals surface area contributed by atoms with E-state index in [1.807, 2.05) is 12.1 Å². The monoisotopic (exact) mass is 222 g/mol. The fraction of sp³-hybridized carbons (Fsp3) is 0.100. The van der Waals surface area contributed by atoms with Crippen LogP contribution in [0.3, 0.4) is 0 Å². The number of rotatable bonds is 1. The third-order valence-electron chi connectivity index (χ3n) is 2.13. The maximum absolute atomic E-state index is 6.05. The molecule has 0 spiro atoms. The zero-order valence-electron chi connectivity index (χ0n) is 7.94. The molecule has 78 valence electrons. The van der Waals surface area contributed by atoms with E-state index in [9.17, 15) is 0 Å². The topological polar surface area (TPSA) is 76.4 Å². The molecule has 1 aromatic carbocycles. The summed E-state index contributed by atoms with van der Waals surface area (Å²) in [5.74, 6) is -0.639. The van der Waals surface area contributed by atoms with Gasteiger partial charge in [0.2, 0.25) is 5.79 Å². The zero-order valence-corrected chi connectivity index (χ0v) is 8.70. The van der Waals surface area contributed by atoms with E-state index < -0.39 is 5.79 Å². The highest BCUT2D eigenvalue weighted by Gasteiger charge is 2.27. The van der Waals surface area contributed by atoms with Crippen LogP contribution in [0.2, 0.25) is 5.02 Å². The van der Waals surface area contributed by atoms with Gasteiger partial charge in [-0.15, -0.1) is 0 Å². The van der Waals surface area contributed by atoms with Crippen molar-refractivity contribution in [1.82, 2.24) is 5.32 Å². The minimum atomic E-state index is -1.02. The average molecular weight is 223 g/mol. The molecule has 1 aromatic rings. The predicted molar refractivity (Wildman–Crippen MR) is 61.2 cm³/mol. The highest BCUT2D eigenvalue weighted by atomic mass is 35.5. The van der Waals surface area contributed by atoms with Crippen molar-refractivity contribution >= 4 is 17.4 Å². The normalized spacial score (nSPS) is 24.5. The fourth-order valence-corrected chi connectivity index (χ4v) is 1.59. The van der Waals surface area contributed by atoms with Gasteiger partial charge in [0.1, 0.15) is 5.84 Å². The Morgan fingerprint density at radius 2 is 2.20 bits per heavy atom. The molecule has 0 aliphatic carbocycles. The van der Waals surface area contributed by atoms with E-state index in [2.05, 4.69) is 10.3 Å². The lowest BCUT2D eigenvalue weighted by molar-refractivity contribution is 0.410. The second-order valence-electron chi connectivity index (χ2n) is 3.29. The number of nitrogens with two attached hydrogens (primary N) is 2. The summed E-state index contributed by atoms with van der Waals surface area (Å²) < 4.78 is 0. The third-order valence-corrected chi connectivity index (χ3v) is 2.36. The highest BCUT2D eigenvalue weighted by molar-refractivity contribution is 6.30. The van der Waals surface area contributed by atoms with E-state index in [1.54, 1.807) is 24.4 Å². The summed E-state index contributed by atoms with van der Waals surface area (Å²) in [6, 6.07) is 7.19. The van der Waals surface area contributed by atoms with Crippen molar-refractivity contribution in [2.45, 2.75) is 5.79 Å². The van der Waals surface area contributed by atoms with Crippen LogP contribution in [0.25, 0.3) is 0 Å². The minimum absolute atomic E-state index is 0.385. The molecule has 0 amide bonds. The van der Waals surface area contributed by atoms with Crippen LogP contribution in [-0.4, -0.2) is 5.84 Å². The van der Waals surface area contributed by atoms with E-state index in [4.69, 9.17) is 23.1 Å². The van der Waals surface area contributed by atoms with E-state index in [1.165, 1.54) is 0 Å². The molecule has 5 heteroatoms. The van der Waals surface area contributed by atoms with E-state index >= 15 is 0 Å². The first-order valence-corrected chi connectivity index (χ1v) is 4.82. The van der Waals surface area contributed by atoms with Gasteiger partial charge in [-0.25, -0.2) is 4.99 Å². The van der Waals surface area contributed by atoms with Gasteiger partial charge in [0.25, 0.3) is 0 Å². The maximum Gasteiger partial charge on any atom is 0.211 e. The molecule has 1 aliphatic heterocycles. The molecule has 5 N–H and O–H groups in total. The van der Waals surface area contributed by atoms with E-state index in [0.717, 1.165) is 5.56 Å². The van der Waals surface area contributed by atoms with Crippen molar-refractivity contribution in [3.05, 3.63) is 47.1 Å². The quantitative estimate of drug-likeness (QED) is 0.660. The van der Waals surface area contributed by atoms with Gasteiger partial charge in [0, 0.05) is 16.8 Å². The lowest BCUT2D eigenvalue weighted by Gasteiger charge is -2.28. The van der Waals surface area contributed by atoms with Gasteiger partial charge >= 0.3 is 0 Å². The van der Waals surface area contributed by atoms with Crippen LogP contribution >= 0.6 is 11.6 Å². The second kappa shape index (κ2) is 3.56. The second-order valence-corrected chi connectivity index (χ2v) is 3.73. The van der Waals surface area contributed by atoms with Crippen LogP contribution in [0.1, 0.15) is 5.56 Å². The van der Waals surface area contributed by atoms with Gasteiger partial charge in [0.05, 0.1) is 0 Å². The number of aliphatic imine (C=N–C) groups is 1. The summed E-state index contributed by atoms with van der Waals surface area (Å²) in [7, 11) is 0. The molecule has 0 saturated heterocycles. The largest absolute Gasteiger partial charge is 0.384 e. The first kappa shape index (κ1) is 10.0. The van der Waals surface area contributed by atoms with Crippen molar-refractivity contribution < 1.29 is 0 Å². The van der Waals surface area contributed by atoms with Crippen LogP contribution in [0.15, 0.2) is 41.5 Å². The molecule has 0 aromatic heterocycles. The maximum atomic E-state index is 6.05. The molecule has 1 aliphatic rings. The molecule has 1 atom stereocenters. The van der Waals surface area contributed by atoms with Crippen molar-refractivity contribution in [2.24, 2.45) is 16.5 Å². The lowest BCUT2D eigenvalue weighted by atomic mass is 10.1. The molecule has 4 nitrogen and oxygen atoms in total. The molecule has 15 heavy (non-hydrogen) atoms. The molecular weight excluding hydrogens is 212 g/mol. The Hall–Kier alpha value is -1.52. The summed E-state index contributed by atoms with van der Waals surface area (Å²) in [6.45, 7) is 0. The van der Waals surface area contributed by atoms with Gasteiger partial charge in [-0.2, -0.15) is 0 Å². The summed E-state index contributed by atoms with van der Waals surface area (Å²) in [6.07, 6.45) is 3.32. The summed E-state index contributed by atoms with van der Waals surface area (Å²) in [5.41, 5.74) is 12.4. The van der Waals surface area contributed by atoms with Crippen molar-refractivity contribution in [2.75, 3.05) is 0 Å².